The van der Waals surface area contributed by atoms with E-state index in [1.165, 1.54) is 192 Å². The van der Waals surface area contributed by atoms with Crippen LogP contribution in [0.4, 0.5) is 0 Å². The molecule has 0 radical (unpaired) electrons. The molecule has 1 N–H and O–H groups in total. The molecule has 1 aromatic heterocycles. The van der Waals surface area contributed by atoms with Gasteiger partial charge in [-0.3, -0.25) is 0 Å². The molecule has 2 unspecified atom stereocenters. The normalized spacial score (nSPS) is 13.2. The first kappa shape index (κ1) is 37.2. The Balaban J connectivity index is 2.43. The summed E-state index contributed by atoms with van der Waals surface area (Å²) in [5.41, 5.74) is 0. The highest BCUT2D eigenvalue weighted by atomic mass is 15.1. The SMILES string of the molecule is CCCCCCCCCCCCC(C)[n+]1cc[nH]c1C(CCCCCCCCC)CCCCCCCCCCC. The van der Waals surface area contributed by atoms with Crippen LogP contribution in [-0.2, 0) is 0 Å². The van der Waals surface area contributed by atoms with E-state index in [4.69, 9.17) is 0 Å². The minimum Gasteiger partial charge on any atom is -0.247 e. The highest BCUT2D eigenvalue weighted by Gasteiger charge is 2.25. The number of aromatic nitrogens is 2. The van der Waals surface area contributed by atoms with Gasteiger partial charge in [-0.2, -0.15) is 0 Å². The molecule has 0 aromatic carbocycles. The molecule has 40 heavy (non-hydrogen) atoms. The number of aromatic amines is 1. The predicted molar refractivity (Wildman–Crippen MR) is 179 cm³/mol. The van der Waals surface area contributed by atoms with E-state index >= 15 is 0 Å². The molecule has 0 bridgehead atoms. The first-order chi connectivity index (χ1) is 19.7. The maximum atomic E-state index is 3.74. The maximum Gasteiger partial charge on any atom is 0.257 e. The van der Waals surface area contributed by atoms with Gasteiger partial charge in [0.05, 0.1) is 12.0 Å². The number of imidazole rings is 1. The summed E-state index contributed by atoms with van der Waals surface area (Å²) in [6.07, 6.45) is 45.7. The van der Waals surface area contributed by atoms with Crippen molar-refractivity contribution in [3.05, 3.63) is 18.2 Å². The molecule has 0 aliphatic carbocycles. The largest absolute Gasteiger partial charge is 0.257 e. The van der Waals surface area contributed by atoms with E-state index in [1.807, 2.05) is 0 Å². The van der Waals surface area contributed by atoms with Gasteiger partial charge in [0, 0.05) is 0 Å². The lowest BCUT2D eigenvalue weighted by molar-refractivity contribution is -0.727. The van der Waals surface area contributed by atoms with Crippen molar-refractivity contribution in [2.45, 2.75) is 226 Å². The Kier molecular flexibility index (Phi) is 26.4. The third-order valence-electron chi connectivity index (χ3n) is 9.39. The fourth-order valence-electron chi connectivity index (χ4n) is 6.60. The molecule has 1 heterocycles. The number of rotatable bonds is 31. The molecule has 1 aromatic rings. The Morgan fingerprint density at radius 3 is 1.18 bits per heavy atom. The molecule has 0 fully saturated rings. The Morgan fingerprint density at radius 2 is 0.800 bits per heavy atom. The van der Waals surface area contributed by atoms with Gasteiger partial charge in [-0.05, 0) is 32.6 Å². The molecule has 0 amide bonds. The average molecular weight is 560 g/mol. The van der Waals surface area contributed by atoms with E-state index in [1.54, 1.807) is 0 Å². The van der Waals surface area contributed by atoms with E-state index in [0.29, 0.717) is 12.0 Å². The summed E-state index contributed by atoms with van der Waals surface area (Å²) in [6, 6.07) is 0.620. The molecule has 0 spiro atoms. The topological polar surface area (TPSA) is 19.7 Å². The highest BCUT2D eigenvalue weighted by molar-refractivity contribution is 4.90. The third kappa shape index (κ3) is 20.1. The van der Waals surface area contributed by atoms with Crippen LogP contribution in [0.3, 0.4) is 0 Å². The van der Waals surface area contributed by atoms with Crippen LogP contribution in [0.5, 0.6) is 0 Å². The fraction of sp³-hybridized carbons (Fsp3) is 0.921. The lowest BCUT2D eigenvalue weighted by Gasteiger charge is -2.17. The van der Waals surface area contributed by atoms with Gasteiger partial charge in [-0.25, -0.2) is 9.55 Å². The molecule has 1 rings (SSSR count). The van der Waals surface area contributed by atoms with Crippen LogP contribution >= 0.6 is 0 Å². The maximum absolute atomic E-state index is 3.74. The van der Waals surface area contributed by atoms with Crippen molar-refractivity contribution in [1.29, 1.82) is 0 Å². The van der Waals surface area contributed by atoms with Gasteiger partial charge in [0.25, 0.3) is 5.82 Å². The molecule has 2 heteroatoms. The number of H-pyrrole nitrogens is 1. The summed E-state index contributed by atoms with van der Waals surface area (Å²) in [6.45, 7) is 9.41. The van der Waals surface area contributed by atoms with Gasteiger partial charge in [-0.15, -0.1) is 0 Å². The van der Waals surface area contributed by atoms with Gasteiger partial charge < -0.3 is 0 Å². The van der Waals surface area contributed by atoms with Crippen LogP contribution < -0.4 is 4.57 Å². The van der Waals surface area contributed by atoms with Crippen LogP contribution in [0.25, 0.3) is 0 Å². The summed E-state index contributed by atoms with van der Waals surface area (Å²) < 4.78 is 2.63. The summed E-state index contributed by atoms with van der Waals surface area (Å²) in [7, 11) is 0. The standard InChI is InChI=1S/C38H74N2/c1-5-8-11-14-17-19-21-23-25-28-31-36(4)40-35-34-39-38(40)37(32-29-26-22-16-13-10-7-3)33-30-27-24-20-18-15-12-9-6-2/h34-37H,5-33H2,1-4H3/p+1. The van der Waals surface area contributed by atoms with Crippen molar-refractivity contribution in [1.82, 2.24) is 4.98 Å². The molecule has 236 valence electrons. The van der Waals surface area contributed by atoms with Gasteiger partial charge >= 0.3 is 0 Å². The van der Waals surface area contributed by atoms with Gasteiger partial charge in [0.2, 0.25) is 0 Å². The van der Waals surface area contributed by atoms with E-state index in [9.17, 15) is 0 Å². The lowest BCUT2D eigenvalue weighted by Crippen LogP contribution is -2.41. The number of nitrogens with zero attached hydrogens (tertiary/aromatic N) is 1. The van der Waals surface area contributed by atoms with E-state index < -0.39 is 0 Å². The summed E-state index contributed by atoms with van der Waals surface area (Å²) in [5, 5.41) is 0. The molecule has 0 aliphatic rings. The zero-order valence-electron chi connectivity index (χ0n) is 28.3. The van der Waals surface area contributed by atoms with E-state index in [-0.39, 0.29) is 0 Å². The van der Waals surface area contributed by atoms with Crippen molar-refractivity contribution in [3.63, 3.8) is 0 Å². The summed E-state index contributed by atoms with van der Waals surface area (Å²) in [5.74, 6) is 2.25. The summed E-state index contributed by atoms with van der Waals surface area (Å²) >= 11 is 0. The Labute approximate surface area is 253 Å². The minimum atomic E-state index is 0.620. The molecule has 0 saturated heterocycles. The monoisotopic (exact) mass is 560 g/mol. The molecular formula is C38H75N2+. The van der Waals surface area contributed by atoms with Gasteiger partial charge in [0.1, 0.15) is 12.4 Å². The number of nitrogens with one attached hydrogen (secondary N) is 1. The van der Waals surface area contributed by atoms with Crippen molar-refractivity contribution >= 4 is 0 Å². The molecule has 2 nitrogen and oxygen atoms in total. The Morgan fingerprint density at radius 1 is 0.475 bits per heavy atom. The van der Waals surface area contributed by atoms with Gasteiger partial charge in [-0.1, -0.05) is 181 Å². The van der Waals surface area contributed by atoms with Crippen LogP contribution in [-0.4, -0.2) is 4.98 Å². The van der Waals surface area contributed by atoms with Gasteiger partial charge in [0.15, 0.2) is 0 Å². The van der Waals surface area contributed by atoms with Crippen LogP contribution in [0.1, 0.15) is 232 Å². The molecular weight excluding hydrogens is 484 g/mol. The van der Waals surface area contributed by atoms with Crippen molar-refractivity contribution in [3.8, 4) is 0 Å². The second kappa shape index (κ2) is 28.3. The van der Waals surface area contributed by atoms with Crippen LogP contribution in [0.2, 0.25) is 0 Å². The Bertz CT molecular complexity index is 621. The van der Waals surface area contributed by atoms with Crippen LogP contribution in [0.15, 0.2) is 12.4 Å². The van der Waals surface area contributed by atoms with Crippen molar-refractivity contribution < 1.29 is 4.57 Å². The smallest absolute Gasteiger partial charge is 0.247 e. The van der Waals surface area contributed by atoms with E-state index in [0.717, 1.165) is 0 Å². The zero-order valence-corrected chi connectivity index (χ0v) is 28.3. The third-order valence-corrected chi connectivity index (χ3v) is 9.39. The first-order valence-corrected chi connectivity index (χ1v) is 18.8. The second-order valence-corrected chi connectivity index (χ2v) is 13.3. The quantitative estimate of drug-likeness (QED) is 0.0689. The number of hydrogen-bond donors (Lipinski definition) is 1. The number of hydrogen-bond acceptors (Lipinski definition) is 0. The second-order valence-electron chi connectivity index (χ2n) is 13.3. The average Bonchev–Trinajstić information content (AvgIpc) is 3.45. The number of unbranched alkanes of at least 4 members (excludes halogenated alkanes) is 23. The van der Waals surface area contributed by atoms with Crippen molar-refractivity contribution in [2.24, 2.45) is 0 Å². The zero-order chi connectivity index (χ0) is 28.9. The molecule has 0 saturated carbocycles. The molecule has 2 atom stereocenters. The predicted octanol–water partition coefficient (Wildman–Crippen LogP) is 13.3. The van der Waals surface area contributed by atoms with Crippen molar-refractivity contribution in [2.75, 3.05) is 0 Å². The van der Waals surface area contributed by atoms with Crippen LogP contribution in [0, 0.1) is 0 Å². The Hall–Kier alpha value is -0.790. The fourth-order valence-corrected chi connectivity index (χ4v) is 6.60. The lowest BCUT2D eigenvalue weighted by atomic mass is 9.92. The van der Waals surface area contributed by atoms with E-state index in [2.05, 4.69) is 49.6 Å². The first-order valence-electron chi connectivity index (χ1n) is 18.8. The molecule has 0 aliphatic heterocycles. The summed E-state index contributed by atoms with van der Waals surface area (Å²) in [4.78, 5) is 3.74. The highest BCUT2D eigenvalue weighted by Crippen LogP contribution is 2.27. The minimum absolute atomic E-state index is 0.620.